The quantitative estimate of drug-likeness (QED) is 0.918. The molecule has 2 unspecified atom stereocenters. The average molecular weight is 298 g/mol. The smallest absolute Gasteiger partial charge is 0.0586 e. The summed E-state index contributed by atoms with van der Waals surface area (Å²) in [5.74, 6) is 0. The normalized spacial score (nSPS) is 24.8. The van der Waals surface area contributed by atoms with Crippen LogP contribution in [0, 0.1) is 0 Å². The van der Waals surface area contributed by atoms with E-state index in [1.54, 1.807) is 0 Å². The van der Waals surface area contributed by atoms with E-state index in [4.69, 9.17) is 4.74 Å². The maximum absolute atomic E-state index is 5.45. The summed E-state index contributed by atoms with van der Waals surface area (Å²) in [4.78, 5) is 0. The van der Waals surface area contributed by atoms with Crippen LogP contribution in [-0.4, -0.2) is 19.3 Å². The molecule has 1 aliphatic rings. The SMILES string of the molecule is COC1CCCC(NCc2cccc(Br)c2)C1. The fourth-order valence-electron chi connectivity index (χ4n) is 2.45. The van der Waals surface area contributed by atoms with Crippen molar-refractivity contribution in [1.29, 1.82) is 0 Å². The lowest BCUT2D eigenvalue weighted by atomic mass is 9.93. The lowest BCUT2D eigenvalue weighted by molar-refractivity contribution is 0.0586. The molecule has 1 fully saturated rings. The number of halogens is 1. The van der Waals surface area contributed by atoms with Gasteiger partial charge in [-0.1, -0.05) is 28.1 Å². The summed E-state index contributed by atoms with van der Waals surface area (Å²) in [5.41, 5.74) is 1.33. The van der Waals surface area contributed by atoms with Crippen LogP contribution in [0.5, 0.6) is 0 Å². The van der Waals surface area contributed by atoms with Gasteiger partial charge in [0.05, 0.1) is 6.10 Å². The molecule has 2 rings (SSSR count). The Morgan fingerprint density at radius 2 is 2.29 bits per heavy atom. The molecule has 3 heteroatoms. The Morgan fingerprint density at radius 1 is 1.41 bits per heavy atom. The summed E-state index contributed by atoms with van der Waals surface area (Å²) in [6.45, 7) is 0.945. The minimum atomic E-state index is 0.448. The van der Waals surface area contributed by atoms with Crippen LogP contribution in [0.25, 0.3) is 0 Å². The fourth-order valence-corrected chi connectivity index (χ4v) is 2.90. The largest absolute Gasteiger partial charge is 0.381 e. The Hall–Kier alpha value is -0.380. The summed E-state index contributed by atoms with van der Waals surface area (Å²) in [6.07, 6.45) is 5.35. The third kappa shape index (κ3) is 4.09. The van der Waals surface area contributed by atoms with Gasteiger partial charge < -0.3 is 10.1 Å². The molecule has 0 aromatic heterocycles. The van der Waals surface area contributed by atoms with E-state index in [1.165, 1.54) is 24.8 Å². The maximum Gasteiger partial charge on any atom is 0.0586 e. The molecule has 17 heavy (non-hydrogen) atoms. The molecule has 0 aliphatic heterocycles. The van der Waals surface area contributed by atoms with Crippen molar-refractivity contribution in [3.8, 4) is 0 Å². The van der Waals surface area contributed by atoms with Crippen LogP contribution < -0.4 is 5.32 Å². The van der Waals surface area contributed by atoms with E-state index in [-0.39, 0.29) is 0 Å². The molecule has 1 saturated carbocycles. The first-order valence-corrected chi connectivity index (χ1v) is 7.08. The van der Waals surface area contributed by atoms with Crippen LogP contribution in [0.2, 0.25) is 0 Å². The van der Waals surface area contributed by atoms with Crippen LogP contribution in [-0.2, 0) is 11.3 Å². The summed E-state index contributed by atoms with van der Waals surface area (Å²) in [6, 6.07) is 9.08. The number of hydrogen-bond donors (Lipinski definition) is 1. The van der Waals surface area contributed by atoms with Gasteiger partial charge in [0.25, 0.3) is 0 Å². The van der Waals surface area contributed by atoms with Crippen LogP contribution in [0.1, 0.15) is 31.2 Å². The number of hydrogen-bond acceptors (Lipinski definition) is 2. The third-order valence-corrected chi connectivity index (χ3v) is 3.94. The van der Waals surface area contributed by atoms with Gasteiger partial charge in [-0.3, -0.25) is 0 Å². The van der Waals surface area contributed by atoms with Crippen molar-refractivity contribution in [3.05, 3.63) is 34.3 Å². The van der Waals surface area contributed by atoms with Gasteiger partial charge in [-0.25, -0.2) is 0 Å². The van der Waals surface area contributed by atoms with Crippen molar-refractivity contribution in [1.82, 2.24) is 5.32 Å². The minimum absolute atomic E-state index is 0.448. The van der Waals surface area contributed by atoms with Gasteiger partial charge in [0.15, 0.2) is 0 Å². The summed E-state index contributed by atoms with van der Waals surface area (Å²) >= 11 is 3.50. The molecular formula is C14H20BrNO. The number of methoxy groups -OCH3 is 1. The second-order valence-electron chi connectivity index (χ2n) is 4.73. The molecular weight excluding hydrogens is 278 g/mol. The van der Waals surface area contributed by atoms with Gasteiger partial charge in [0.1, 0.15) is 0 Å². The molecule has 1 aliphatic carbocycles. The first-order valence-electron chi connectivity index (χ1n) is 6.28. The zero-order valence-electron chi connectivity index (χ0n) is 10.3. The molecule has 94 valence electrons. The third-order valence-electron chi connectivity index (χ3n) is 3.44. The van der Waals surface area contributed by atoms with Gasteiger partial charge in [0, 0.05) is 24.2 Å². The molecule has 0 bridgehead atoms. The highest BCUT2D eigenvalue weighted by Gasteiger charge is 2.20. The Bertz CT molecular complexity index is 356. The zero-order valence-corrected chi connectivity index (χ0v) is 11.9. The van der Waals surface area contributed by atoms with Gasteiger partial charge in [-0.15, -0.1) is 0 Å². The van der Waals surface area contributed by atoms with Crippen molar-refractivity contribution in [2.75, 3.05) is 7.11 Å². The van der Waals surface area contributed by atoms with E-state index < -0.39 is 0 Å². The van der Waals surface area contributed by atoms with Crippen LogP contribution in [0.15, 0.2) is 28.7 Å². The average Bonchev–Trinajstić information content (AvgIpc) is 2.37. The highest BCUT2D eigenvalue weighted by Crippen LogP contribution is 2.21. The summed E-state index contributed by atoms with van der Waals surface area (Å²) in [7, 11) is 1.82. The van der Waals surface area contributed by atoms with Crippen LogP contribution in [0.3, 0.4) is 0 Å². The molecule has 0 amide bonds. The van der Waals surface area contributed by atoms with Gasteiger partial charge in [-0.2, -0.15) is 0 Å². The number of nitrogens with one attached hydrogen (secondary N) is 1. The number of rotatable bonds is 4. The molecule has 1 N–H and O–H groups in total. The van der Waals surface area contributed by atoms with Crippen molar-refractivity contribution >= 4 is 15.9 Å². The van der Waals surface area contributed by atoms with Gasteiger partial charge >= 0.3 is 0 Å². The molecule has 1 aromatic rings. The molecule has 0 radical (unpaired) electrons. The lowest BCUT2D eigenvalue weighted by Gasteiger charge is -2.29. The summed E-state index contributed by atoms with van der Waals surface area (Å²) in [5, 5.41) is 3.63. The molecule has 1 aromatic carbocycles. The Balaban J connectivity index is 1.81. The minimum Gasteiger partial charge on any atom is -0.381 e. The van der Waals surface area contributed by atoms with Crippen LogP contribution in [0.4, 0.5) is 0 Å². The highest BCUT2D eigenvalue weighted by atomic mass is 79.9. The van der Waals surface area contributed by atoms with Crippen molar-refractivity contribution in [2.45, 2.75) is 44.4 Å². The van der Waals surface area contributed by atoms with Crippen molar-refractivity contribution in [3.63, 3.8) is 0 Å². The molecule has 0 heterocycles. The maximum atomic E-state index is 5.45. The first-order chi connectivity index (χ1) is 8.28. The summed E-state index contributed by atoms with van der Waals surface area (Å²) < 4.78 is 6.59. The molecule has 0 spiro atoms. The molecule has 0 saturated heterocycles. The monoisotopic (exact) mass is 297 g/mol. The fraction of sp³-hybridized carbons (Fsp3) is 0.571. The Labute approximate surface area is 112 Å². The molecule has 2 atom stereocenters. The van der Waals surface area contributed by atoms with E-state index in [2.05, 4.69) is 45.5 Å². The van der Waals surface area contributed by atoms with Gasteiger partial charge in [-0.05, 0) is 43.4 Å². The number of benzene rings is 1. The predicted molar refractivity (Wildman–Crippen MR) is 74.0 cm³/mol. The van der Waals surface area contributed by atoms with E-state index >= 15 is 0 Å². The predicted octanol–water partition coefficient (Wildman–Crippen LogP) is 3.50. The zero-order chi connectivity index (χ0) is 12.1. The second-order valence-corrected chi connectivity index (χ2v) is 5.65. The van der Waals surface area contributed by atoms with Crippen molar-refractivity contribution in [2.24, 2.45) is 0 Å². The van der Waals surface area contributed by atoms with E-state index in [9.17, 15) is 0 Å². The number of ether oxygens (including phenoxy) is 1. The second kappa shape index (κ2) is 6.53. The van der Waals surface area contributed by atoms with Crippen LogP contribution >= 0.6 is 15.9 Å². The topological polar surface area (TPSA) is 21.3 Å². The van der Waals surface area contributed by atoms with E-state index in [0.29, 0.717) is 12.1 Å². The van der Waals surface area contributed by atoms with E-state index in [1.807, 2.05) is 7.11 Å². The highest BCUT2D eigenvalue weighted by molar-refractivity contribution is 9.10. The Morgan fingerprint density at radius 3 is 3.06 bits per heavy atom. The molecule has 2 nitrogen and oxygen atoms in total. The van der Waals surface area contributed by atoms with Crippen molar-refractivity contribution < 1.29 is 4.74 Å². The Kier molecular flexibility index (Phi) is 5.01. The van der Waals surface area contributed by atoms with E-state index in [0.717, 1.165) is 17.4 Å². The lowest BCUT2D eigenvalue weighted by Crippen LogP contribution is -2.36. The standard InChI is InChI=1S/C14H20BrNO/c1-17-14-7-3-6-13(9-14)16-10-11-4-2-5-12(15)8-11/h2,4-5,8,13-14,16H,3,6-7,9-10H2,1H3. The van der Waals surface area contributed by atoms with Gasteiger partial charge in [0.2, 0.25) is 0 Å². The first kappa shape index (κ1) is 13.1.